The highest BCUT2D eigenvalue weighted by molar-refractivity contribution is 5.67. The van der Waals surface area contributed by atoms with Gasteiger partial charge in [-0.3, -0.25) is 4.57 Å². The second kappa shape index (κ2) is 18.4. The van der Waals surface area contributed by atoms with Gasteiger partial charge in [0.25, 0.3) is 0 Å². The van der Waals surface area contributed by atoms with Crippen molar-refractivity contribution in [2.75, 3.05) is 45.2 Å². The molecule has 0 aliphatic carbocycles. The number of aliphatic hydroxyl groups excluding tert-OH is 1. The molecule has 0 aliphatic heterocycles. The Balaban J connectivity index is 0.00000151. The number of nitrogens with zero attached hydrogens (tertiary/aromatic N) is 3. The molecule has 262 valence electrons. The average Bonchev–Trinajstić information content (AvgIpc) is 3.48. The predicted molar refractivity (Wildman–Crippen MR) is 184 cm³/mol. The van der Waals surface area contributed by atoms with Crippen LogP contribution in [0.3, 0.4) is 0 Å². The van der Waals surface area contributed by atoms with Gasteiger partial charge in [0.15, 0.2) is 23.1 Å². The molecule has 0 saturated carbocycles. The molecule has 0 spiro atoms. The number of anilines is 3. The first-order chi connectivity index (χ1) is 22.9. The van der Waals surface area contributed by atoms with Crippen molar-refractivity contribution in [2.45, 2.75) is 52.7 Å². The number of nitrogens with one attached hydrogen (secondary N) is 2. The van der Waals surface area contributed by atoms with Crippen molar-refractivity contribution in [2.24, 2.45) is 0 Å². The van der Waals surface area contributed by atoms with Crippen LogP contribution in [0, 0.1) is 22.9 Å². The lowest BCUT2D eigenvalue weighted by molar-refractivity contribution is 0.0758. The summed E-state index contributed by atoms with van der Waals surface area (Å²) in [6.07, 6.45) is 3.11. The van der Waals surface area contributed by atoms with E-state index in [-0.39, 0.29) is 42.6 Å². The Bertz CT molecular complexity index is 1590. The van der Waals surface area contributed by atoms with E-state index >= 15 is 8.78 Å². The minimum Gasteiger partial charge on any atom is -0.494 e. The van der Waals surface area contributed by atoms with Crippen LogP contribution in [0.15, 0.2) is 54.7 Å². The first kappa shape index (κ1) is 39.3. The van der Waals surface area contributed by atoms with Gasteiger partial charge in [0.05, 0.1) is 33.2 Å². The molecule has 3 N–H and O–H groups in total. The minimum absolute atomic E-state index is 0.00803. The first-order valence-electron chi connectivity index (χ1n) is 15.2. The SMILES string of the molecule is C=N.CCC.COc1cc(-n2c(N(C)c3ccc(OC)c(OC)c3)cnc2NCc2c(F)cc(OC(C)(C)CCO)cc2F)ccc1F. The summed E-state index contributed by atoms with van der Waals surface area (Å²) < 4.78 is 67.9. The van der Waals surface area contributed by atoms with Crippen LogP contribution in [0.4, 0.5) is 30.6 Å². The number of benzene rings is 3. The maximum atomic E-state index is 15.1. The van der Waals surface area contributed by atoms with E-state index in [4.69, 9.17) is 24.4 Å². The van der Waals surface area contributed by atoms with Gasteiger partial charge in [-0.15, -0.1) is 0 Å². The van der Waals surface area contributed by atoms with E-state index in [1.165, 1.54) is 38.8 Å². The van der Waals surface area contributed by atoms with Gasteiger partial charge in [0.2, 0.25) is 5.95 Å². The first-order valence-corrected chi connectivity index (χ1v) is 15.2. The van der Waals surface area contributed by atoms with E-state index in [0.717, 1.165) is 17.8 Å². The zero-order valence-electron chi connectivity index (χ0n) is 28.8. The highest BCUT2D eigenvalue weighted by Gasteiger charge is 2.23. The topological polar surface area (TPSA) is 114 Å². The molecule has 4 aromatic rings. The Morgan fingerprint density at radius 1 is 0.896 bits per heavy atom. The Labute approximate surface area is 280 Å². The fourth-order valence-corrected chi connectivity index (χ4v) is 4.53. The number of hydrogen-bond donors (Lipinski definition) is 3. The molecule has 0 amide bonds. The Morgan fingerprint density at radius 3 is 2.06 bits per heavy atom. The van der Waals surface area contributed by atoms with Crippen LogP contribution >= 0.6 is 0 Å². The number of aromatic nitrogens is 2. The number of ether oxygens (including phenoxy) is 4. The van der Waals surface area contributed by atoms with Gasteiger partial charge in [-0.25, -0.2) is 18.2 Å². The van der Waals surface area contributed by atoms with Crippen LogP contribution < -0.4 is 29.2 Å². The number of aliphatic hydroxyl groups is 1. The molecule has 0 radical (unpaired) electrons. The van der Waals surface area contributed by atoms with Crippen molar-refractivity contribution in [3.05, 3.63) is 77.7 Å². The van der Waals surface area contributed by atoms with Gasteiger partial charge < -0.3 is 39.7 Å². The van der Waals surface area contributed by atoms with Gasteiger partial charge >= 0.3 is 0 Å². The van der Waals surface area contributed by atoms with Crippen LogP contribution in [0.5, 0.6) is 23.0 Å². The van der Waals surface area contributed by atoms with Crippen LogP contribution in [-0.4, -0.2) is 62.0 Å². The lowest BCUT2D eigenvalue weighted by atomic mass is 10.1. The predicted octanol–water partition coefficient (Wildman–Crippen LogP) is 7.92. The van der Waals surface area contributed by atoms with Gasteiger partial charge in [-0.1, -0.05) is 20.3 Å². The number of methoxy groups -OCH3 is 3. The summed E-state index contributed by atoms with van der Waals surface area (Å²) in [5.74, 6) is -0.320. The maximum absolute atomic E-state index is 15.1. The summed E-state index contributed by atoms with van der Waals surface area (Å²) in [7, 11) is 6.23. The van der Waals surface area contributed by atoms with Gasteiger partial charge in [0, 0.05) is 62.1 Å². The Kier molecular flexibility index (Phi) is 15.1. The van der Waals surface area contributed by atoms with E-state index in [1.54, 1.807) is 50.9 Å². The molecule has 10 nitrogen and oxygen atoms in total. The third kappa shape index (κ3) is 9.80. The normalized spacial score (nSPS) is 10.6. The summed E-state index contributed by atoms with van der Waals surface area (Å²) in [6, 6.07) is 11.9. The van der Waals surface area contributed by atoms with Gasteiger partial charge in [0.1, 0.15) is 28.8 Å². The molecule has 13 heteroatoms. The van der Waals surface area contributed by atoms with Crippen molar-refractivity contribution in [3.63, 3.8) is 0 Å². The second-order valence-corrected chi connectivity index (χ2v) is 11.0. The van der Waals surface area contributed by atoms with Crippen LogP contribution in [0.1, 0.15) is 46.1 Å². The summed E-state index contributed by atoms with van der Waals surface area (Å²) in [5, 5.41) is 17.7. The smallest absolute Gasteiger partial charge is 0.209 e. The monoisotopic (exact) mass is 673 g/mol. The van der Waals surface area contributed by atoms with Crippen molar-refractivity contribution in [1.82, 2.24) is 9.55 Å². The number of halogens is 3. The summed E-state index contributed by atoms with van der Waals surface area (Å²) in [6.45, 7) is 9.80. The van der Waals surface area contributed by atoms with E-state index in [2.05, 4.69) is 30.9 Å². The summed E-state index contributed by atoms with van der Waals surface area (Å²) in [5.41, 5.74) is 0.158. The van der Waals surface area contributed by atoms with Gasteiger partial charge in [-0.05, 0) is 44.8 Å². The molecule has 48 heavy (non-hydrogen) atoms. The van der Waals surface area contributed by atoms with Crippen LogP contribution in [-0.2, 0) is 6.54 Å². The fourth-order valence-electron chi connectivity index (χ4n) is 4.53. The summed E-state index contributed by atoms with van der Waals surface area (Å²) in [4.78, 5) is 6.30. The van der Waals surface area contributed by atoms with Crippen LogP contribution in [0.25, 0.3) is 5.69 Å². The zero-order valence-corrected chi connectivity index (χ0v) is 28.8. The number of rotatable bonds is 13. The van der Waals surface area contributed by atoms with E-state index in [0.29, 0.717) is 23.0 Å². The standard InChI is InChI=1S/C31H35F3N4O5.C3H8.CH3N/c1-31(2,11-12-39)43-21-15-24(33)22(25(34)16-21)17-35-30-36-18-29(38(30)20-7-9-23(32)27(14-20)41-5)37(3)19-8-10-26(40-4)28(13-19)42-6;1-3-2;1-2/h7-10,13-16,18,39H,11-12,17H2,1-6H3,(H,35,36);3H2,1-2H3;2H,1H2. The molecular weight excluding hydrogens is 627 g/mol. The molecular formula is C35H46F3N5O5. The van der Waals surface area contributed by atoms with Crippen LogP contribution in [0.2, 0.25) is 0 Å². The van der Waals surface area contributed by atoms with E-state index in [1.807, 2.05) is 11.0 Å². The third-order valence-corrected chi connectivity index (χ3v) is 6.88. The molecule has 0 unspecified atom stereocenters. The van der Waals surface area contributed by atoms with Gasteiger partial charge in [-0.2, -0.15) is 0 Å². The quantitative estimate of drug-likeness (QED) is 0.123. The number of hydrogen-bond acceptors (Lipinski definition) is 9. The lowest BCUT2D eigenvalue weighted by Gasteiger charge is -2.26. The third-order valence-electron chi connectivity index (χ3n) is 6.88. The minimum atomic E-state index is -0.815. The van der Waals surface area contributed by atoms with E-state index < -0.39 is 23.1 Å². The zero-order chi connectivity index (χ0) is 36.0. The molecule has 0 atom stereocenters. The molecule has 1 aromatic heterocycles. The molecule has 3 aromatic carbocycles. The van der Waals surface area contributed by atoms with Crippen molar-refractivity contribution in [3.8, 4) is 28.7 Å². The molecule has 0 saturated heterocycles. The molecule has 1 heterocycles. The van der Waals surface area contributed by atoms with E-state index in [9.17, 15) is 9.50 Å². The fraction of sp³-hybridized carbons (Fsp3) is 0.371. The van der Waals surface area contributed by atoms with Crippen molar-refractivity contribution < 1.29 is 37.2 Å². The largest absolute Gasteiger partial charge is 0.494 e. The molecule has 0 bridgehead atoms. The Morgan fingerprint density at radius 2 is 1.50 bits per heavy atom. The summed E-state index contributed by atoms with van der Waals surface area (Å²) >= 11 is 0. The maximum Gasteiger partial charge on any atom is 0.209 e. The number of imidazole rings is 1. The molecule has 0 fully saturated rings. The molecule has 4 rings (SSSR count). The molecule has 0 aliphatic rings. The lowest BCUT2D eigenvalue weighted by Crippen LogP contribution is -2.29. The second-order valence-electron chi connectivity index (χ2n) is 11.0. The van der Waals surface area contributed by atoms with Crippen molar-refractivity contribution in [1.29, 1.82) is 5.41 Å². The van der Waals surface area contributed by atoms with Crippen molar-refractivity contribution >= 4 is 24.2 Å². The highest BCUT2D eigenvalue weighted by atomic mass is 19.1. The Hall–Kier alpha value is -4.91. The highest BCUT2D eigenvalue weighted by Crippen LogP contribution is 2.36. The average molecular weight is 674 g/mol.